The summed E-state index contributed by atoms with van der Waals surface area (Å²) in [6.07, 6.45) is 5.14. The van der Waals surface area contributed by atoms with Crippen LogP contribution in [0.2, 0.25) is 0 Å². The molecule has 2 aromatic rings. The van der Waals surface area contributed by atoms with E-state index in [0.717, 1.165) is 18.7 Å². The highest BCUT2D eigenvalue weighted by atomic mass is 19.1. The molecule has 1 N–H and O–H groups in total. The summed E-state index contributed by atoms with van der Waals surface area (Å²) in [5.41, 5.74) is 2.62. The molecule has 0 radical (unpaired) electrons. The van der Waals surface area contributed by atoms with Crippen molar-refractivity contribution in [3.05, 3.63) is 71.5 Å². The fourth-order valence-electron chi connectivity index (χ4n) is 4.45. The predicted molar refractivity (Wildman–Crippen MR) is 105 cm³/mol. The Morgan fingerprint density at radius 2 is 1.81 bits per heavy atom. The van der Waals surface area contributed by atoms with Gasteiger partial charge in [-0.05, 0) is 43.4 Å². The molecule has 0 bridgehead atoms. The second-order valence-electron chi connectivity index (χ2n) is 8.36. The van der Waals surface area contributed by atoms with E-state index in [2.05, 4.69) is 47.6 Å². The lowest BCUT2D eigenvalue weighted by Gasteiger charge is -2.45. The summed E-state index contributed by atoms with van der Waals surface area (Å²) in [5.74, 6) is 0.591. The standard InChI is InChI=1S/C23H29FN2/c1-26(15-19-10-5-6-11-21(19)24)17-23(12-7-13-23)16-25-22-14-20(22)18-8-3-2-4-9-18/h2-6,8-11,20,22,25H,7,12-17H2,1H3/t20?,22-/m0/s1. The Bertz CT molecular complexity index is 726. The largest absolute Gasteiger partial charge is 0.313 e. The number of halogens is 1. The summed E-state index contributed by atoms with van der Waals surface area (Å²) in [6, 6.07) is 18.6. The first-order chi connectivity index (χ1) is 12.7. The van der Waals surface area contributed by atoms with Gasteiger partial charge in [0.05, 0.1) is 0 Å². The summed E-state index contributed by atoms with van der Waals surface area (Å²) in [7, 11) is 2.12. The molecule has 2 aromatic carbocycles. The van der Waals surface area contributed by atoms with Crippen molar-refractivity contribution in [1.29, 1.82) is 0 Å². The highest BCUT2D eigenvalue weighted by Gasteiger charge is 2.42. The van der Waals surface area contributed by atoms with Crippen LogP contribution in [0.4, 0.5) is 4.39 Å². The van der Waals surface area contributed by atoms with Gasteiger partial charge in [-0.25, -0.2) is 4.39 Å². The lowest BCUT2D eigenvalue weighted by molar-refractivity contribution is 0.0736. The van der Waals surface area contributed by atoms with Crippen LogP contribution in [0.5, 0.6) is 0 Å². The van der Waals surface area contributed by atoms with E-state index in [0.29, 0.717) is 23.9 Å². The van der Waals surface area contributed by atoms with Crippen molar-refractivity contribution in [1.82, 2.24) is 10.2 Å². The van der Waals surface area contributed by atoms with Crippen LogP contribution in [-0.2, 0) is 6.54 Å². The predicted octanol–water partition coefficient (Wildman–Crippen LogP) is 4.57. The lowest BCUT2D eigenvalue weighted by Crippen LogP contribution is -2.48. The summed E-state index contributed by atoms with van der Waals surface area (Å²) in [4.78, 5) is 2.29. The molecule has 26 heavy (non-hydrogen) atoms. The van der Waals surface area contributed by atoms with Crippen molar-refractivity contribution in [2.45, 2.75) is 44.2 Å². The van der Waals surface area contributed by atoms with Gasteiger partial charge in [0.15, 0.2) is 0 Å². The second kappa shape index (κ2) is 7.50. The van der Waals surface area contributed by atoms with Gasteiger partial charge >= 0.3 is 0 Å². The zero-order chi connectivity index (χ0) is 18.0. The third kappa shape index (κ3) is 3.99. The quantitative estimate of drug-likeness (QED) is 0.748. The Morgan fingerprint density at radius 1 is 1.08 bits per heavy atom. The van der Waals surface area contributed by atoms with E-state index >= 15 is 0 Å². The molecule has 0 spiro atoms. The number of nitrogens with zero attached hydrogens (tertiary/aromatic N) is 1. The zero-order valence-electron chi connectivity index (χ0n) is 15.6. The number of benzene rings is 2. The molecule has 2 fully saturated rings. The molecule has 2 aliphatic carbocycles. The van der Waals surface area contributed by atoms with Crippen LogP contribution in [0.3, 0.4) is 0 Å². The average Bonchev–Trinajstić information content (AvgIpc) is 3.40. The molecule has 4 rings (SSSR count). The first kappa shape index (κ1) is 17.7. The SMILES string of the molecule is CN(Cc1ccccc1F)CC1(CN[C@H]2CC2c2ccccc2)CCC1. The van der Waals surface area contributed by atoms with Gasteiger partial charge in [0, 0.05) is 37.2 Å². The van der Waals surface area contributed by atoms with Crippen LogP contribution >= 0.6 is 0 Å². The zero-order valence-corrected chi connectivity index (χ0v) is 15.6. The highest BCUT2D eigenvalue weighted by Crippen LogP contribution is 2.44. The van der Waals surface area contributed by atoms with Crippen LogP contribution in [0.15, 0.2) is 54.6 Å². The van der Waals surface area contributed by atoms with Crippen LogP contribution in [-0.4, -0.2) is 31.1 Å². The van der Waals surface area contributed by atoms with Crippen molar-refractivity contribution >= 4 is 0 Å². The minimum Gasteiger partial charge on any atom is -0.313 e. The maximum Gasteiger partial charge on any atom is 0.127 e. The summed E-state index contributed by atoms with van der Waals surface area (Å²) >= 11 is 0. The van der Waals surface area contributed by atoms with Gasteiger partial charge in [0.25, 0.3) is 0 Å². The number of nitrogens with one attached hydrogen (secondary N) is 1. The van der Waals surface area contributed by atoms with Crippen LogP contribution < -0.4 is 5.32 Å². The summed E-state index contributed by atoms with van der Waals surface area (Å²) in [5, 5.41) is 3.83. The van der Waals surface area contributed by atoms with Crippen molar-refractivity contribution < 1.29 is 4.39 Å². The molecular formula is C23H29FN2. The fraction of sp³-hybridized carbons (Fsp3) is 0.478. The molecule has 2 aliphatic rings. The molecule has 0 amide bonds. The van der Waals surface area contributed by atoms with Crippen LogP contribution in [0.1, 0.15) is 42.7 Å². The number of rotatable bonds is 8. The van der Waals surface area contributed by atoms with E-state index in [1.54, 1.807) is 12.1 Å². The Hall–Kier alpha value is -1.71. The number of hydrogen-bond donors (Lipinski definition) is 1. The van der Waals surface area contributed by atoms with Crippen molar-refractivity contribution in [2.24, 2.45) is 5.41 Å². The minimum absolute atomic E-state index is 0.0937. The molecule has 0 aliphatic heterocycles. The molecule has 1 unspecified atom stereocenters. The molecular weight excluding hydrogens is 323 g/mol. The molecule has 0 aromatic heterocycles. The smallest absolute Gasteiger partial charge is 0.127 e. The Morgan fingerprint density at radius 3 is 2.50 bits per heavy atom. The van der Waals surface area contributed by atoms with E-state index in [1.807, 2.05) is 12.1 Å². The third-order valence-electron chi connectivity index (χ3n) is 6.18. The molecule has 2 atom stereocenters. The van der Waals surface area contributed by atoms with Crippen LogP contribution in [0, 0.1) is 11.2 Å². The Kier molecular flexibility index (Phi) is 5.10. The molecule has 2 saturated carbocycles. The summed E-state index contributed by atoms with van der Waals surface area (Å²) < 4.78 is 13.9. The van der Waals surface area contributed by atoms with Gasteiger partial charge < -0.3 is 10.2 Å². The van der Waals surface area contributed by atoms with Gasteiger partial charge in [-0.1, -0.05) is 55.0 Å². The van der Waals surface area contributed by atoms with Gasteiger partial charge in [-0.2, -0.15) is 0 Å². The normalized spacial score (nSPS) is 23.7. The van der Waals surface area contributed by atoms with Gasteiger partial charge in [-0.15, -0.1) is 0 Å². The number of hydrogen-bond acceptors (Lipinski definition) is 2. The van der Waals surface area contributed by atoms with Crippen LogP contribution in [0.25, 0.3) is 0 Å². The lowest BCUT2D eigenvalue weighted by atomic mass is 9.68. The molecule has 3 heteroatoms. The average molecular weight is 352 g/mol. The van der Waals surface area contributed by atoms with Crippen molar-refractivity contribution in [3.63, 3.8) is 0 Å². The van der Waals surface area contributed by atoms with Crippen molar-refractivity contribution in [2.75, 3.05) is 20.1 Å². The topological polar surface area (TPSA) is 15.3 Å². The van der Waals surface area contributed by atoms with E-state index in [-0.39, 0.29) is 5.82 Å². The van der Waals surface area contributed by atoms with E-state index < -0.39 is 0 Å². The first-order valence-electron chi connectivity index (χ1n) is 9.86. The van der Waals surface area contributed by atoms with Gasteiger partial charge in [0.1, 0.15) is 5.82 Å². The first-order valence-corrected chi connectivity index (χ1v) is 9.86. The summed E-state index contributed by atoms with van der Waals surface area (Å²) in [6.45, 7) is 2.81. The molecule has 0 heterocycles. The van der Waals surface area contributed by atoms with E-state index in [1.165, 1.54) is 31.2 Å². The molecule has 2 nitrogen and oxygen atoms in total. The Labute approximate surface area is 156 Å². The fourth-order valence-corrected chi connectivity index (χ4v) is 4.45. The monoisotopic (exact) mass is 352 g/mol. The van der Waals surface area contributed by atoms with E-state index in [9.17, 15) is 4.39 Å². The van der Waals surface area contributed by atoms with Gasteiger partial charge in [-0.3, -0.25) is 0 Å². The third-order valence-corrected chi connectivity index (χ3v) is 6.18. The maximum atomic E-state index is 13.9. The minimum atomic E-state index is -0.0937. The molecule has 138 valence electrons. The Balaban J connectivity index is 1.29. The molecule has 0 saturated heterocycles. The van der Waals surface area contributed by atoms with Crippen molar-refractivity contribution in [3.8, 4) is 0 Å². The van der Waals surface area contributed by atoms with Gasteiger partial charge in [0.2, 0.25) is 0 Å². The van der Waals surface area contributed by atoms with E-state index in [4.69, 9.17) is 0 Å². The highest BCUT2D eigenvalue weighted by molar-refractivity contribution is 5.27. The second-order valence-corrected chi connectivity index (χ2v) is 8.36. The maximum absolute atomic E-state index is 13.9.